The molecule has 2 aromatic heterocycles. The van der Waals surface area contributed by atoms with E-state index in [-0.39, 0.29) is 0 Å². The minimum absolute atomic E-state index is 0.455. The van der Waals surface area contributed by atoms with Gasteiger partial charge in [-0.1, -0.05) is 0 Å². The SMILES string of the molecule is Cc1occc1-c1nc2c(s1)CCCC2CN. The highest BCUT2D eigenvalue weighted by atomic mass is 32.1. The summed E-state index contributed by atoms with van der Waals surface area (Å²) < 4.78 is 5.35. The molecule has 2 heterocycles. The van der Waals surface area contributed by atoms with Crippen molar-refractivity contribution >= 4 is 11.3 Å². The lowest BCUT2D eigenvalue weighted by Crippen LogP contribution is -2.17. The largest absolute Gasteiger partial charge is 0.469 e. The third kappa shape index (κ3) is 1.81. The van der Waals surface area contributed by atoms with E-state index in [4.69, 9.17) is 15.1 Å². The van der Waals surface area contributed by atoms with Gasteiger partial charge in [0, 0.05) is 17.3 Å². The molecule has 90 valence electrons. The van der Waals surface area contributed by atoms with Gasteiger partial charge in [0.1, 0.15) is 10.8 Å². The highest BCUT2D eigenvalue weighted by Gasteiger charge is 2.24. The lowest BCUT2D eigenvalue weighted by molar-refractivity contribution is 0.535. The fourth-order valence-corrected chi connectivity index (χ4v) is 3.72. The molecule has 3 nitrogen and oxygen atoms in total. The normalized spacial score (nSPS) is 19.3. The van der Waals surface area contributed by atoms with Crippen LogP contribution < -0.4 is 5.73 Å². The molecule has 1 aliphatic carbocycles. The molecule has 0 fully saturated rings. The van der Waals surface area contributed by atoms with Gasteiger partial charge >= 0.3 is 0 Å². The molecule has 0 aliphatic heterocycles. The fraction of sp³-hybridized carbons (Fsp3) is 0.462. The van der Waals surface area contributed by atoms with Crippen LogP contribution in [0.4, 0.5) is 0 Å². The molecule has 0 saturated carbocycles. The van der Waals surface area contributed by atoms with Gasteiger partial charge in [0.2, 0.25) is 0 Å². The molecule has 1 atom stereocenters. The van der Waals surface area contributed by atoms with E-state index < -0.39 is 0 Å². The molecule has 0 aromatic carbocycles. The molecule has 0 spiro atoms. The third-order valence-electron chi connectivity index (χ3n) is 3.44. The van der Waals surface area contributed by atoms with Crippen molar-refractivity contribution < 1.29 is 4.42 Å². The van der Waals surface area contributed by atoms with Crippen LogP contribution in [0.25, 0.3) is 10.6 Å². The topological polar surface area (TPSA) is 52.0 Å². The number of rotatable bonds is 2. The first-order valence-corrected chi connectivity index (χ1v) is 6.85. The van der Waals surface area contributed by atoms with Crippen molar-refractivity contribution in [1.82, 2.24) is 4.98 Å². The summed E-state index contributed by atoms with van der Waals surface area (Å²) in [6, 6.07) is 2.00. The summed E-state index contributed by atoms with van der Waals surface area (Å²) in [7, 11) is 0. The minimum atomic E-state index is 0.455. The van der Waals surface area contributed by atoms with Crippen LogP contribution in [0.5, 0.6) is 0 Å². The Labute approximate surface area is 105 Å². The van der Waals surface area contributed by atoms with E-state index in [1.54, 1.807) is 17.6 Å². The van der Waals surface area contributed by atoms with Crippen molar-refractivity contribution in [2.75, 3.05) is 6.54 Å². The molecular formula is C13H16N2OS. The van der Waals surface area contributed by atoms with Crippen LogP contribution in [-0.4, -0.2) is 11.5 Å². The van der Waals surface area contributed by atoms with Gasteiger partial charge in [-0.2, -0.15) is 0 Å². The molecule has 2 aromatic rings. The maximum absolute atomic E-state index is 5.82. The molecular weight excluding hydrogens is 232 g/mol. The molecule has 17 heavy (non-hydrogen) atoms. The quantitative estimate of drug-likeness (QED) is 0.888. The van der Waals surface area contributed by atoms with Crippen molar-refractivity contribution in [3.05, 3.63) is 28.7 Å². The number of nitrogens with zero attached hydrogens (tertiary/aromatic N) is 1. The van der Waals surface area contributed by atoms with Gasteiger partial charge in [-0.05, 0) is 32.3 Å². The smallest absolute Gasteiger partial charge is 0.127 e. The van der Waals surface area contributed by atoms with E-state index in [9.17, 15) is 0 Å². The van der Waals surface area contributed by atoms with Crippen LogP contribution in [-0.2, 0) is 6.42 Å². The molecule has 1 unspecified atom stereocenters. The third-order valence-corrected chi connectivity index (χ3v) is 4.61. The first kappa shape index (κ1) is 11.0. The summed E-state index contributed by atoms with van der Waals surface area (Å²) >= 11 is 1.80. The Balaban J connectivity index is 2.04. The maximum atomic E-state index is 5.82. The summed E-state index contributed by atoms with van der Waals surface area (Å²) in [6.45, 7) is 2.69. The standard InChI is InChI=1S/C13H16N2OS/c1-8-10(5-6-16-8)13-15-12-9(7-14)3-2-4-11(12)17-13/h5-6,9H,2-4,7,14H2,1H3. The molecule has 0 radical (unpaired) electrons. The number of thiazole rings is 1. The first-order chi connectivity index (χ1) is 8.29. The zero-order valence-electron chi connectivity index (χ0n) is 9.90. The molecule has 0 amide bonds. The highest BCUT2D eigenvalue weighted by Crippen LogP contribution is 2.38. The Morgan fingerprint density at radius 3 is 3.18 bits per heavy atom. The van der Waals surface area contributed by atoms with Gasteiger partial charge in [0.15, 0.2) is 0 Å². The van der Waals surface area contributed by atoms with E-state index >= 15 is 0 Å². The number of nitrogens with two attached hydrogens (primary N) is 1. The van der Waals surface area contributed by atoms with Crippen LogP contribution in [0.2, 0.25) is 0 Å². The second-order valence-corrected chi connectivity index (χ2v) is 5.63. The molecule has 2 N–H and O–H groups in total. The summed E-state index contributed by atoms with van der Waals surface area (Å²) in [6.07, 6.45) is 5.30. The van der Waals surface area contributed by atoms with Crippen molar-refractivity contribution in [3.63, 3.8) is 0 Å². The van der Waals surface area contributed by atoms with Crippen molar-refractivity contribution in [1.29, 1.82) is 0 Å². The fourth-order valence-electron chi connectivity index (χ4n) is 2.46. The summed E-state index contributed by atoms with van der Waals surface area (Å²) in [4.78, 5) is 6.20. The summed E-state index contributed by atoms with van der Waals surface area (Å²) in [5.74, 6) is 1.40. The number of fused-ring (bicyclic) bond motifs is 1. The Bertz CT molecular complexity index is 529. The van der Waals surface area contributed by atoms with E-state index in [0.29, 0.717) is 12.5 Å². The average Bonchev–Trinajstić information content (AvgIpc) is 2.93. The molecule has 3 rings (SSSR count). The zero-order chi connectivity index (χ0) is 11.8. The monoisotopic (exact) mass is 248 g/mol. The number of furan rings is 1. The first-order valence-electron chi connectivity index (χ1n) is 6.03. The van der Waals surface area contributed by atoms with Crippen LogP contribution in [0.1, 0.15) is 35.1 Å². The number of aryl methyl sites for hydroxylation is 2. The predicted octanol–water partition coefficient (Wildman–Crippen LogP) is 3.09. The van der Waals surface area contributed by atoms with Crippen molar-refractivity contribution in [2.24, 2.45) is 5.73 Å². The van der Waals surface area contributed by atoms with Gasteiger partial charge < -0.3 is 10.2 Å². The second-order valence-electron chi connectivity index (χ2n) is 4.54. The average molecular weight is 248 g/mol. The number of hydrogen-bond acceptors (Lipinski definition) is 4. The van der Waals surface area contributed by atoms with Crippen LogP contribution in [0.15, 0.2) is 16.7 Å². The van der Waals surface area contributed by atoms with Crippen molar-refractivity contribution in [2.45, 2.75) is 32.1 Å². The molecule has 0 saturated heterocycles. The lowest BCUT2D eigenvalue weighted by Gasteiger charge is -2.18. The van der Waals surface area contributed by atoms with Gasteiger partial charge in [-0.15, -0.1) is 11.3 Å². The second kappa shape index (κ2) is 4.27. The Morgan fingerprint density at radius 2 is 2.47 bits per heavy atom. The van der Waals surface area contributed by atoms with Crippen LogP contribution in [0, 0.1) is 6.92 Å². The van der Waals surface area contributed by atoms with E-state index in [1.807, 2.05) is 13.0 Å². The number of aromatic nitrogens is 1. The number of hydrogen-bond donors (Lipinski definition) is 1. The van der Waals surface area contributed by atoms with Gasteiger partial charge in [-0.3, -0.25) is 0 Å². The Kier molecular flexibility index (Phi) is 2.76. The molecule has 4 heteroatoms. The van der Waals surface area contributed by atoms with Crippen LogP contribution >= 0.6 is 11.3 Å². The van der Waals surface area contributed by atoms with E-state index in [0.717, 1.165) is 22.8 Å². The zero-order valence-corrected chi connectivity index (χ0v) is 10.7. The lowest BCUT2D eigenvalue weighted by atomic mass is 9.91. The van der Waals surface area contributed by atoms with Crippen LogP contribution in [0.3, 0.4) is 0 Å². The molecule has 1 aliphatic rings. The maximum Gasteiger partial charge on any atom is 0.127 e. The van der Waals surface area contributed by atoms with E-state index in [1.165, 1.54) is 23.4 Å². The summed E-state index contributed by atoms with van der Waals surface area (Å²) in [5, 5.41) is 1.08. The van der Waals surface area contributed by atoms with E-state index in [2.05, 4.69) is 0 Å². The van der Waals surface area contributed by atoms with Gasteiger partial charge in [0.25, 0.3) is 0 Å². The van der Waals surface area contributed by atoms with Crippen molar-refractivity contribution in [3.8, 4) is 10.6 Å². The Morgan fingerprint density at radius 1 is 1.59 bits per heavy atom. The molecule has 0 bridgehead atoms. The van der Waals surface area contributed by atoms with Gasteiger partial charge in [-0.25, -0.2) is 4.98 Å². The predicted molar refractivity (Wildman–Crippen MR) is 69.3 cm³/mol. The van der Waals surface area contributed by atoms with Gasteiger partial charge in [0.05, 0.1) is 17.5 Å². The minimum Gasteiger partial charge on any atom is -0.469 e. The Hall–Kier alpha value is -1.13. The summed E-state index contributed by atoms with van der Waals surface area (Å²) in [5.41, 5.74) is 8.18. The highest BCUT2D eigenvalue weighted by molar-refractivity contribution is 7.15.